The molecule has 2 fully saturated rings. The third-order valence-electron chi connectivity index (χ3n) is 6.04. The van der Waals surface area contributed by atoms with Crippen molar-refractivity contribution in [3.05, 3.63) is 18.3 Å². The van der Waals surface area contributed by atoms with Crippen molar-refractivity contribution in [2.45, 2.75) is 67.7 Å². The van der Waals surface area contributed by atoms with Gasteiger partial charge in [0.1, 0.15) is 5.03 Å². The summed E-state index contributed by atoms with van der Waals surface area (Å²) < 4.78 is 85.4. The van der Waals surface area contributed by atoms with E-state index in [1.807, 2.05) is 0 Å². The SMILES string of the molecule is NSc1cc(NC(=O)[C@@H]2CC(F)(F)CCC2C(F)(F)C2CCC(F)(F)CC2)ccn1. The Balaban J connectivity index is 1.80. The maximum Gasteiger partial charge on any atom is 0.254 e. The number of carbonyl (C=O) groups excluding carboxylic acids is 1. The van der Waals surface area contributed by atoms with E-state index in [4.69, 9.17) is 5.14 Å². The third-order valence-corrected chi connectivity index (χ3v) is 6.51. The summed E-state index contributed by atoms with van der Waals surface area (Å²) in [6.45, 7) is 0. The molecule has 1 aromatic heterocycles. The van der Waals surface area contributed by atoms with Crippen LogP contribution in [0.25, 0.3) is 0 Å². The van der Waals surface area contributed by atoms with Crippen molar-refractivity contribution in [2.75, 3.05) is 5.32 Å². The molecule has 2 atom stereocenters. The number of rotatable bonds is 5. The van der Waals surface area contributed by atoms with E-state index in [1.165, 1.54) is 18.3 Å². The molecule has 4 nitrogen and oxygen atoms in total. The first-order valence-electron chi connectivity index (χ1n) is 9.71. The van der Waals surface area contributed by atoms with Crippen LogP contribution in [-0.4, -0.2) is 28.7 Å². The van der Waals surface area contributed by atoms with Crippen LogP contribution in [0.2, 0.25) is 0 Å². The Kier molecular flexibility index (Phi) is 6.62. The van der Waals surface area contributed by atoms with Gasteiger partial charge in [0.05, 0.1) is 5.92 Å². The molecular formula is C19H23F6N3OS. The highest BCUT2D eigenvalue weighted by atomic mass is 32.2. The fraction of sp³-hybridized carbons (Fsp3) is 0.684. The van der Waals surface area contributed by atoms with Crippen molar-refractivity contribution in [1.29, 1.82) is 0 Å². The molecule has 2 saturated carbocycles. The molecule has 2 aliphatic rings. The average Bonchev–Trinajstić information content (AvgIpc) is 2.66. The van der Waals surface area contributed by atoms with E-state index in [2.05, 4.69) is 10.3 Å². The molecule has 0 aliphatic heterocycles. The van der Waals surface area contributed by atoms with Gasteiger partial charge in [0.2, 0.25) is 17.8 Å². The minimum absolute atomic E-state index is 0.205. The quantitative estimate of drug-likeness (QED) is 0.455. The molecule has 1 aromatic rings. The summed E-state index contributed by atoms with van der Waals surface area (Å²) in [7, 11) is 0. The van der Waals surface area contributed by atoms with Gasteiger partial charge in [-0.25, -0.2) is 31.3 Å². The number of anilines is 1. The highest BCUT2D eigenvalue weighted by Gasteiger charge is 2.57. The number of pyridine rings is 1. The monoisotopic (exact) mass is 455 g/mol. The van der Waals surface area contributed by atoms with Crippen molar-refractivity contribution < 1.29 is 31.1 Å². The second kappa shape index (κ2) is 8.57. The van der Waals surface area contributed by atoms with Gasteiger partial charge in [-0.15, -0.1) is 0 Å². The molecule has 1 unspecified atom stereocenters. The maximum atomic E-state index is 15.3. The molecule has 3 rings (SSSR count). The first-order chi connectivity index (χ1) is 13.9. The molecule has 1 heterocycles. The summed E-state index contributed by atoms with van der Waals surface area (Å²) in [5.41, 5.74) is 0.205. The Morgan fingerprint density at radius 2 is 1.77 bits per heavy atom. The fourth-order valence-corrected chi connectivity index (χ4v) is 4.70. The number of nitrogens with zero attached hydrogens (tertiary/aromatic N) is 1. The van der Waals surface area contributed by atoms with E-state index in [-0.39, 0.29) is 5.69 Å². The summed E-state index contributed by atoms with van der Waals surface area (Å²) in [5.74, 6) is -15.3. The van der Waals surface area contributed by atoms with E-state index in [1.54, 1.807) is 0 Å². The van der Waals surface area contributed by atoms with Gasteiger partial charge in [-0.1, -0.05) is 0 Å². The molecular weight excluding hydrogens is 432 g/mol. The van der Waals surface area contributed by atoms with Crippen molar-refractivity contribution in [3.8, 4) is 0 Å². The number of nitrogens with one attached hydrogen (secondary N) is 1. The zero-order chi connectivity index (χ0) is 22.2. The standard InChI is InChI=1S/C19H23F6N3OS/c20-17(21)5-1-11(2-6-17)19(24,25)14-3-7-18(22,23)10-13(14)16(29)28-12-4-8-27-15(9-12)30-26/h4,8-9,11,13-14H,1-3,5-7,10,26H2,(H,27,28,29)/t13-,14?/m1/s1. The molecule has 0 bridgehead atoms. The minimum Gasteiger partial charge on any atom is -0.326 e. The molecule has 2 aliphatic carbocycles. The van der Waals surface area contributed by atoms with Crippen LogP contribution in [0.5, 0.6) is 0 Å². The van der Waals surface area contributed by atoms with Crippen LogP contribution in [0.3, 0.4) is 0 Å². The molecule has 0 saturated heterocycles. The summed E-state index contributed by atoms with van der Waals surface area (Å²) in [6.07, 6.45) is -3.10. The van der Waals surface area contributed by atoms with Gasteiger partial charge in [-0.3, -0.25) is 9.93 Å². The zero-order valence-electron chi connectivity index (χ0n) is 16.0. The third kappa shape index (κ3) is 5.22. The van der Waals surface area contributed by atoms with Gasteiger partial charge in [0, 0.05) is 49.4 Å². The van der Waals surface area contributed by atoms with Crippen LogP contribution < -0.4 is 10.5 Å². The lowest BCUT2D eigenvalue weighted by Crippen LogP contribution is -2.50. The van der Waals surface area contributed by atoms with Gasteiger partial charge < -0.3 is 5.32 Å². The van der Waals surface area contributed by atoms with Gasteiger partial charge in [-0.2, -0.15) is 0 Å². The van der Waals surface area contributed by atoms with Crippen LogP contribution in [0.1, 0.15) is 44.9 Å². The minimum atomic E-state index is -3.49. The Hall–Kier alpha value is -1.49. The predicted octanol–water partition coefficient (Wildman–Crippen LogP) is 5.50. The lowest BCUT2D eigenvalue weighted by atomic mass is 9.68. The second-order valence-electron chi connectivity index (χ2n) is 8.11. The lowest BCUT2D eigenvalue weighted by Gasteiger charge is -2.43. The summed E-state index contributed by atoms with van der Waals surface area (Å²) in [6, 6.07) is 2.80. The van der Waals surface area contributed by atoms with E-state index in [0.717, 1.165) is 11.9 Å². The Bertz CT molecular complexity index is 768. The molecule has 1 amide bonds. The van der Waals surface area contributed by atoms with E-state index >= 15 is 8.78 Å². The fourth-order valence-electron chi connectivity index (χ4n) is 4.38. The summed E-state index contributed by atoms with van der Waals surface area (Å²) >= 11 is 0.805. The van der Waals surface area contributed by atoms with Crippen LogP contribution in [0.4, 0.5) is 32.0 Å². The molecule has 3 N–H and O–H groups in total. The summed E-state index contributed by atoms with van der Waals surface area (Å²) in [5, 5.41) is 8.16. The normalized spacial score (nSPS) is 26.9. The van der Waals surface area contributed by atoms with Crippen molar-refractivity contribution >= 4 is 23.5 Å². The van der Waals surface area contributed by atoms with Gasteiger partial charge in [-0.05, 0) is 43.3 Å². The van der Waals surface area contributed by atoms with Crippen LogP contribution >= 0.6 is 11.9 Å². The largest absolute Gasteiger partial charge is 0.326 e. The molecule has 11 heteroatoms. The molecule has 0 radical (unpaired) electrons. The maximum absolute atomic E-state index is 15.3. The van der Waals surface area contributed by atoms with Crippen molar-refractivity contribution in [2.24, 2.45) is 22.9 Å². The van der Waals surface area contributed by atoms with Gasteiger partial charge in [0.15, 0.2) is 0 Å². The van der Waals surface area contributed by atoms with Crippen LogP contribution in [0, 0.1) is 17.8 Å². The van der Waals surface area contributed by atoms with Crippen molar-refractivity contribution in [1.82, 2.24) is 4.98 Å². The number of hydrogen-bond donors (Lipinski definition) is 2. The van der Waals surface area contributed by atoms with Gasteiger partial charge in [0.25, 0.3) is 5.92 Å². The summed E-state index contributed by atoms with van der Waals surface area (Å²) in [4.78, 5) is 16.7. The highest BCUT2D eigenvalue weighted by Crippen LogP contribution is 2.53. The number of halogens is 6. The Morgan fingerprint density at radius 3 is 2.40 bits per heavy atom. The van der Waals surface area contributed by atoms with E-state index in [9.17, 15) is 22.4 Å². The number of amides is 1. The van der Waals surface area contributed by atoms with Crippen LogP contribution in [0.15, 0.2) is 23.4 Å². The number of hydrogen-bond acceptors (Lipinski definition) is 4. The van der Waals surface area contributed by atoms with Gasteiger partial charge >= 0.3 is 0 Å². The number of carbonyl (C=O) groups is 1. The molecule has 168 valence electrons. The first-order valence-corrected chi connectivity index (χ1v) is 10.6. The molecule has 0 spiro atoms. The van der Waals surface area contributed by atoms with E-state index < -0.39 is 86.4 Å². The Labute approximate surface area is 174 Å². The van der Waals surface area contributed by atoms with E-state index in [0.29, 0.717) is 5.03 Å². The van der Waals surface area contributed by atoms with Crippen LogP contribution in [-0.2, 0) is 4.79 Å². The Morgan fingerprint density at radius 1 is 1.13 bits per heavy atom. The van der Waals surface area contributed by atoms with Crippen molar-refractivity contribution in [3.63, 3.8) is 0 Å². The molecule has 0 aromatic carbocycles. The first kappa shape index (κ1) is 23.2. The average molecular weight is 455 g/mol. The number of alkyl halides is 6. The lowest BCUT2D eigenvalue weighted by molar-refractivity contribution is -0.187. The predicted molar refractivity (Wildman–Crippen MR) is 101 cm³/mol. The molecule has 30 heavy (non-hydrogen) atoms. The number of nitrogens with two attached hydrogens (primary N) is 1. The zero-order valence-corrected chi connectivity index (χ0v) is 16.8. The topological polar surface area (TPSA) is 68.0 Å². The highest BCUT2D eigenvalue weighted by molar-refractivity contribution is 7.97. The number of aromatic nitrogens is 1. The smallest absolute Gasteiger partial charge is 0.254 e. The second-order valence-corrected chi connectivity index (χ2v) is 8.76.